The van der Waals surface area contributed by atoms with Crippen LogP contribution in [-0.4, -0.2) is 29.9 Å². The van der Waals surface area contributed by atoms with E-state index in [9.17, 15) is 9.59 Å². The number of amides is 1. The molecule has 0 atom stereocenters. The highest BCUT2D eigenvalue weighted by molar-refractivity contribution is 6.48. The molecular weight excluding hydrogens is 302 g/mol. The number of aliphatic hydroxyl groups excluding tert-OH is 1. The molecule has 5 heteroatoms. The van der Waals surface area contributed by atoms with Crippen LogP contribution in [0.25, 0.3) is 5.57 Å². The van der Waals surface area contributed by atoms with Gasteiger partial charge in [0.05, 0.1) is 11.6 Å². The lowest BCUT2D eigenvalue weighted by Crippen LogP contribution is -2.27. The zero-order valence-electron chi connectivity index (χ0n) is 12.1. The van der Waals surface area contributed by atoms with Crippen LogP contribution in [0.3, 0.4) is 0 Å². The number of benzene rings is 1. The van der Waals surface area contributed by atoms with Crippen molar-refractivity contribution in [2.24, 2.45) is 0 Å². The minimum absolute atomic E-state index is 0.0537. The van der Waals surface area contributed by atoms with E-state index in [1.165, 1.54) is 0 Å². The van der Waals surface area contributed by atoms with E-state index in [-0.39, 0.29) is 29.9 Å². The van der Waals surface area contributed by atoms with E-state index in [2.05, 4.69) is 11.9 Å². The first kappa shape index (κ1) is 16.2. The van der Waals surface area contributed by atoms with Gasteiger partial charge < -0.3 is 10.4 Å². The van der Waals surface area contributed by atoms with Crippen molar-refractivity contribution in [1.29, 1.82) is 0 Å². The Kier molecular flexibility index (Phi) is 4.96. The third-order valence-electron chi connectivity index (χ3n) is 3.37. The smallest absolute Gasteiger partial charge is 0.247 e. The highest BCUT2D eigenvalue weighted by atomic mass is 35.5. The number of ketones is 1. The molecule has 22 heavy (non-hydrogen) atoms. The number of fused-ring (bicyclic) bond motifs is 1. The van der Waals surface area contributed by atoms with E-state index in [1.54, 1.807) is 31.2 Å². The Hall–Kier alpha value is -2.17. The van der Waals surface area contributed by atoms with Crippen molar-refractivity contribution < 1.29 is 14.7 Å². The fourth-order valence-electron chi connectivity index (χ4n) is 2.20. The van der Waals surface area contributed by atoms with Gasteiger partial charge in [-0.05, 0) is 24.1 Å². The second-order valence-electron chi connectivity index (χ2n) is 4.89. The van der Waals surface area contributed by atoms with Gasteiger partial charge in [-0.15, -0.1) is 0 Å². The maximum atomic E-state index is 12.3. The Morgan fingerprint density at radius 2 is 2.00 bits per heavy atom. The maximum absolute atomic E-state index is 12.3. The topological polar surface area (TPSA) is 66.4 Å². The van der Waals surface area contributed by atoms with Crippen LogP contribution in [0, 0.1) is 0 Å². The third-order valence-corrected chi connectivity index (χ3v) is 3.75. The van der Waals surface area contributed by atoms with E-state index in [1.807, 2.05) is 6.07 Å². The van der Waals surface area contributed by atoms with E-state index in [0.717, 1.165) is 0 Å². The fourth-order valence-corrected chi connectivity index (χ4v) is 2.47. The average Bonchev–Trinajstić information content (AvgIpc) is 2.54. The molecule has 0 spiro atoms. The molecule has 1 aromatic rings. The van der Waals surface area contributed by atoms with Crippen molar-refractivity contribution in [3.05, 3.63) is 64.2 Å². The normalized spacial score (nSPS) is 15.0. The van der Waals surface area contributed by atoms with Crippen LogP contribution >= 0.6 is 11.6 Å². The van der Waals surface area contributed by atoms with Crippen LogP contribution in [-0.2, 0) is 4.79 Å². The minimum Gasteiger partial charge on any atom is -0.395 e. The number of halogens is 1. The number of hydrogen-bond donors (Lipinski definition) is 2. The lowest BCUT2D eigenvalue weighted by atomic mass is 9.86. The molecule has 1 amide bonds. The number of hydrogen-bond acceptors (Lipinski definition) is 3. The van der Waals surface area contributed by atoms with Crippen LogP contribution in [0.2, 0.25) is 0 Å². The summed E-state index contributed by atoms with van der Waals surface area (Å²) < 4.78 is 0. The van der Waals surface area contributed by atoms with Crippen molar-refractivity contribution >= 4 is 28.9 Å². The Bertz CT molecular complexity index is 716. The van der Waals surface area contributed by atoms with Gasteiger partial charge in [0.2, 0.25) is 11.7 Å². The second-order valence-corrected chi connectivity index (χ2v) is 5.27. The molecule has 0 radical (unpaired) electrons. The molecule has 2 N–H and O–H groups in total. The summed E-state index contributed by atoms with van der Waals surface area (Å²) in [6, 6.07) is 7.09. The predicted molar refractivity (Wildman–Crippen MR) is 86.5 cm³/mol. The van der Waals surface area contributed by atoms with Gasteiger partial charge in [0.1, 0.15) is 0 Å². The molecule has 1 aromatic carbocycles. The molecule has 0 aromatic heterocycles. The van der Waals surface area contributed by atoms with Gasteiger partial charge in [-0.3, -0.25) is 9.59 Å². The van der Waals surface area contributed by atoms with Crippen LogP contribution in [0.1, 0.15) is 22.8 Å². The zero-order valence-corrected chi connectivity index (χ0v) is 12.9. The van der Waals surface area contributed by atoms with Crippen LogP contribution in [0.5, 0.6) is 0 Å². The van der Waals surface area contributed by atoms with Crippen LogP contribution < -0.4 is 5.32 Å². The van der Waals surface area contributed by atoms with Gasteiger partial charge in [0, 0.05) is 23.3 Å². The molecular formula is C17H16ClNO3. The Labute approximate surface area is 133 Å². The Morgan fingerprint density at radius 1 is 1.36 bits per heavy atom. The van der Waals surface area contributed by atoms with Crippen LogP contribution in [0.4, 0.5) is 0 Å². The summed E-state index contributed by atoms with van der Waals surface area (Å²) in [6.07, 6.45) is 1.55. The van der Waals surface area contributed by atoms with Crippen LogP contribution in [0.15, 0.2) is 53.1 Å². The lowest BCUT2D eigenvalue weighted by molar-refractivity contribution is -0.117. The maximum Gasteiger partial charge on any atom is 0.247 e. The molecule has 0 heterocycles. The zero-order chi connectivity index (χ0) is 16.3. The van der Waals surface area contributed by atoms with E-state index >= 15 is 0 Å². The number of carbonyl (C=O) groups excluding carboxylic acids is 2. The SMILES string of the molecule is C=C1C(/C=C(\C)C(=O)NCCO)=C(Cl)C(=O)c2ccccc21. The van der Waals surface area contributed by atoms with Crippen molar-refractivity contribution in [3.63, 3.8) is 0 Å². The predicted octanol–water partition coefficient (Wildman–Crippen LogP) is 2.44. The van der Waals surface area contributed by atoms with Gasteiger partial charge in [-0.1, -0.05) is 42.4 Å². The first-order valence-electron chi connectivity index (χ1n) is 6.78. The monoisotopic (exact) mass is 317 g/mol. The standard InChI is InChI=1S/C17H16ClNO3/c1-10(17(22)19-7-8-20)9-14-11(2)12-5-3-4-6-13(12)16(21)15(14)18/h3-6,9,20H,2,7-8H2,1H3,(H,19,22)/b10-9+. The van der Waals surface area contributed by atoms with Gasteiger partial charge in [0.25, 0.3) is 0 Å². The van der Waals surface area contributed by atoms with Gasteiger partial charge in [0.15, 0.2) is 0 Å². The highest BCUT2D eigenvalue weighted by Crippen LogP contribution is 2.36. The number of nitrogens with one attached hydrogen (secondary N) is 1. The van der Waals surface area contributed by atoms with Crippen molar-refractivity contribution in [2.45, 2.75) is 6.92 Å². The molecule has 0 saturated heterocycles. The molecule has 0 aliphatic heterocycles. The minimum atomic E-state index is -0.329. The average molecular weight is 318 g/mol. The van der Waals surface area contributed by atoms with E-state index in [4.69, 9.17) is 16.7 Å². The van der Waals surface area contributed by atoms with Gasteiger partial charge in [-0.25, -0.2) is 0 Å². The number of allylic oxidation sites excluding steroid dienone is 4. The quantitative estimate of drug-likeness (QED) is 0.838. The molecule has 4 nitrogen and oxygen atoms in total. The first-order valence-corrected chi connectivity index (χ1v) is 7.15. The molecule has 0 saturated carbocycles. The largest absolute Gasteiger partial charge is 0.395 e. The van der Waals surface area contributed by atoms with Gasteiger partial charge >= 0.3 is 0 Å². The molecule has 114 valence electrons. The molecule has 0 bridgehead atoms. The summed E-state index contributed by atoms with van der Waals surface area (Å²) >= 11 is 6.16. The molecule has 1 aliphatic rings. The molecule has 2 rings (SSSR count). The Morgan fingerprint density at radius 3 is 2.64 bits per heavy atom. The summed E-state index contributed by atoms with van der Waals surface area (Å²) in [5, 5.41) is 11.3. The van der Waals surface area contributed by atoms with Crippen molar-refractivity contribution in [1.82, 2.24) is 5.32 Å². The van der Waals surface area contributed by atoms with Crippen molar-refractivity contribution in [2.75, 3.05) is 13.2 Å². The van der Waals surface area contributed by atoms with Gasteiger partial charge in [-0.2, -0.15) is 0 Å². The molecule has 1 aliphatic carbocycles. The summed E-state index contributed by atoms with van der Waals surface area (Å²) in [6.45, 7) is 5.63. The molecule has 0 unspecified atom stereocenters. The number of carbonyl (C=O) groups is 2. The second kappa shape index (κ2) is 6.73. The summed E-state index contributed by atoms with van der Waals surface area (Å²) in [4.78, 5) is 24.1. The van der Waals surface area contributed by atoms with Crippen molar-refractivity contribution in [3.8, 4) is 0 Å². The third kappa shape index (κ3) is 3.03. The first-order chi connectivity index (χ1) is 10.5. The number of rotatable bonds is 4. The lowest BCUT2D eigenvalue weighted by Gasteiger charge is -2.19. The summed E-state index contributed by atoms with van der Waals surface area (Å²) in [7, 11) is 0. The fraction of sp³-hybridized carbons (Fsp3) is 0.176. The summed E-state index contributed by atoms with van der Waals surface area (Å²) in [5.74, 6) is -0.607. The molecule has 0 fully saturated rings. The number of Topliss-reactive ketones (excluding diaryl/α,β-unsaturated/α-hetero) is 1. The van der Waals surface area contributed by atoms with E-state index in [0.29, 0.717) is 27.8 Å². The summed E-state index contributed by atoms with van der Waals surface area (Å²) in [5.41, 5.74) is 2.66. The van der Waals surface area contributed by atoms with E-state index < -0.39 is 0 Å². The number of aliphatic hydroxyl groups is 1. The Balaban J connectivity index is 2.39. The highest BCUT2D eigenvalue weighted by Gasteiger charge is 2.26.